The molecule has 4 heteroatoms. The molecule has 1 saturated carbocycles. The highest BCUT2D eigenvalue weighted by molar-refractivity contribution is 7.09. The minimum absolute atomic E-state index is 0.680. The summed E-state index contributed by atoms with van der Waals surface area (Å²) in [4.78, 5) is 8.70. The number of nitrogens with one attached hydrogen (secondary N) is 1. The van der Waals surface area contributed by atoms with E-state index >= 15 is 0 Å². The van der Waals surface area contributed by atoms with Gasteiger partial charge in [-0.05, 0) is 49.9 Å². The molecule has 0 unspecified atom stereocenters. The van der Waals surface area contributed by atoms with Gasteiger partial charge in [0, 0.05) is 23.2 Å². The number of aryl methyl sites for hydroxylation is 1. The van der Waals surface area contributed by atoms with Crippen LogP contribution in [0.25, 0.3) is 0 Å². The predicted molar refractivity (Wildman–Crippen MR) is 85.3 cm³/mol. The molecule has 0 saturated heterocycles. The minimum atomic E-state index is 0.680. The van der Waals surface area contributed by atoms with E-state index in [4.69, 9.17) is 4.98 Å². The van der Waals surface area contributed by atoms with E-state index in [9.17, 15) is 0 Å². The van der Waals surface area contributed by atoms with Crippen LogP contribution in [0.3, 0.4) is 0 Å². The Labute approximate surface area is 124 Å². The Hall–Kier alpha value is -1.39. The normalized spacial score (nSPS) is 14.5. The molecule has 3 rings (SSSR count). The molecule has 0 atom stereocenters. The van der Waals surface area contributed by atoms with Crippen LogP contribution < -0.4 is 10.2 Å². The summed E-state index contributed by atoms with van der Waals surface area (Å²) in [5.74, 6) is 1.12. The van der Waals surface area contributed by atoms with Crippen LogP contribution in [0, 0.1) is 6.92 Å². The van der Waals surface area contributed by atoms with E-state index in [-0.39, 0.29) is 0 Å². The standard InChI is InChI=1S/C16H21N3S/c1-12-13(10-17-2)5-8-16(18-12)19(14-6-7-14)11-15-4-3-9-20-15/h3-5,8-9,14,17H,6-7,10-11H2,1-2H3. The predicted octanol–water partition coefficient (Wildman–Crippen LogP) is 3.34. The third kappa shape index (κ3) is 3.02. The zero-order chi connectivity index (χ0) is 13.9. The number of anilines is 1. The zero-order valence-electron chi connectivity index (χ0n) is 12.1. The van der Waals surface area contributed by atoms with Crippen molar-refractivity contribution < 1.29 is 0 Å². The van der Waals surface area contributed by atoms with Gasteiger partial charge in [-0.25, -0.2) is 4.98 Å². The van der Waals surface area contributed by atoms with Crippen LogP contribution in [-0.4, -0.2) is 18.1 Å². The Morgan fingerprint density at radius 3 is 2.80 bits per heavy atom. The van der Waals surface area contributed by atoms with Crippen LogP contribution in [0.5, 0.6) is 0 Å². The average Bonchev–Trinajstić information content (AvgIpc) is 3.15. The second-order valence-corrected chi connectivity index (χ2v) is 6.41. The highest BCUT2D eigenvalue weighted by Gasteiger charge is 2.30. The van der Waals surface area contributed by atoms with E-state index in [1.54, 1.807) is 0 Å². The second kappa shape index (κ2) is 5.94. The molecule has 1 aliphatic carbocycles. The molecule has 106 valence electrons. The molecule has 1 N–H and O–H groups in total. The van der Waals surface area contributed by atoms with Crippen molar-refractivity contribution in [2.45, 2.75) is 38.9 Å². The van der Waals surface area contributed by atoms with Crippen LogP contribution >= 0.6 is 11.3 Å². The number of rotatable bonds is 6. The number of pyridine rings is 1. The molecule has 0 amide bonds. The van der Waals surface area contributed by atoms with Crippen LogP contribution in [0.15, 0.2) is 29.6 Å². The molecule has 1 fully saturated rings. The highest BCUT2D eigenvalue weighted by Crippen LogP contribution is 2.33. The smallest absolute Gasteiger partial charge is 0.129 e. The first-order chi connectivity index (χ1) is 9.78. The fourth-order valence-electron chi connectivity index (χ4n) is 2.47. The molecule has 0 spiro atoms. The molecule has 2 heterocycles. The lowest BCUT2D eigenvalue weighted by Crippen LogP contribution is -2.26. The molecule has 2 aromatic rings. The lowest BCUT2D eigenvalue weighted by atomic mass is 10.2. The largest absolute Gasteiger partial charge is 0.348 e. The third-order valence-electron chi connectivity index (χ3n) is 3.74. The van der Waals surface area contributed by atoms with Crippen molar-refractivity contribution in [1.82, 2.24) is 10.3 Å². The SMILES string of the molecule is CNCc1ccc(N(Cc2cccs2)C2CC2)nc1C. The fourth-order valence-corrected chi connectivity index (χ4v) is 3.17. The minimum Gasteiger partial charge on any atom is -0.348 e. The van der Waals surface area contributed by atoms with Crippen molar-refractivity contribution in [3.63, 3.8) is 0 Å². The van der Waals surface area contributed by atoms with Crippen molar-refractivity contribution in [3.8, 4) is 0 Å². The molecule has 0 aromatic carbocycles. The van der Waals surface area contributed by atoms with Crippen LogP contribution in [0.4, 0.5) is 5.82 Å². The van der Waals surface area contributed by atoms with Gasteiger partial charge in [0.05, 0.1) is 6.54 Å². The van der Waals surface area contributed by atoms with E-state index in [1.165, 1.54) is 23.3 Å². The van der Waals surface area contributed by atoms with Gasteiger partial charge < -0.3 is 10.2 Å². The third-order valence-corrected chi connectivity index (χ3v) is 4.60. The zero-order valence-corrected chi connectivity index (χ0v) is 12.9. The quantitative estimate of drug-likeness (QED) is 0.883. The molecule has 0 aliphatic heterocycles. The van der Waals surface area contributed by atoms with Crippen molar-refractivity contribution >= 4 is 17.2 Å². The summed E-state index contributed by atoms with van der Waals surface area (Å²) in [5, 5.41) is 5.34. The molecule has 2 aromatic heterocycles. The number of nitrogens with zero attached hydrogens (tertiary/aromatic N) is 2. The summed E-state index contributed by atoms with van der Waals surface area (Å²) in [6.45, 7) is 3.97. The Morgan fingerprint density at radius 1 is 1.35 bits per heavy atom. The molecule has 0 bridgehead atoms. The van der Waals surface area contributed by atoms with Gasteiger partial charge >= 0.3 is 0 Å². The first kappa shape index (κ1) is 13.6. The van der Waals surface area contributed by atoms with Crippen LogP contribution in [0.1, 0.15) is 29.0 Å². The maximum absolute atomic E-state index is 4.82. The van der Waals surface area contributed by atoms with Crippen molar-refractivity contribution in [2.75, 3.05) is 11.9 Å². The lowest BCUT2D eigenvalue weighted by molar-refractivity contribution is 0.771. The molecular weight excluding hydrogens is 266 g/mol. The van der Waals surface area contributed by atoms with Crippen molar-refractivity contribution in [2.24, 2.45) is 0 Å². The Bertz CT molecular complexity index is 561. The Morgan fingerprint density at radius 2 is 2.20 bits per heavy atom. The summed E-state index contributed by atoms with van der Waals surface area (Å²) in [7, 11) is 1.97. The first-order valence-electron chi connectivity index (χ1n) is 7.18. The summed E-state index contributed by atoms with van der Waals surface area (Å²) >= 11 is 1.83. The number of hydrogen-bond acceptors (Lipinski definition) is 4. The van der Waals surface area contributed by atoms with E-state index in [0.29, 0.717) is 6.04 Å². The summed E-state index contributed by atoms with van der Waals surface area (Å²) < 4.78 is 0. The van der Waals surface area contributed by atoms with Gasteiger partial charge in [-0.1, -0.05) is 12.1 Å². The van der Waals surface area contributed by atoms with E-state index in [0.717, 1.165) is 24.6 Å². The average molecular weight is 287 g/mol. The van der Waals surface area contributed by atoms with Gasteiger partial charge in [-0.2, -0.15) is 0 Å². The molecule has 1 aliphatic rings. The topological polar surface area (TPSA) is 28.2 Å². The lowest BCUT2D eigenvalue weighted by Gasteiger charge is -2.23. The maximum Gasteiger partial charge on any atom is 0.129 e. The molecule has 3 nitrogen and oxygen atoms in total. The fraction of sp³-hybridized carbons (Fsp3) is 0.438. The monoisotopic (exact) mass is 287 g/mol. The van der Waals surface area contributed by atoms with Gasteiger partial charge in [-0.3, -0.25) is 0 Å². The van der Waals surface area contributed by atoms with E-state index in [2.05, 4.69) is 46.8 Å². The van der Waals surface area contributed by atoms with E-state index < -0.39 is 0 Å². The number of thiophene rings is 1. The van der Waals surface area contributed by atoms with Gasteiger partial charge in [0.2, 0.25) is 0 Å². The summed E-state index contributed by atoms with van der Waals surface area (Å²) in [5.41, 5.74) is 2.41. The van der Waals surface area contributed by atoms with Crippen LogP contribution in [0.2, 0.25) is 0 Å². The van der Waals surface area contributed by atoms with E-state index in [1.807, 2.05) is 18.4 Å². The van der Waals surface area contributed by atoms with Gasteiger partial charge in [-0.15, -0.1) is 11.3 Å². The van der Waals surface area contributed by atoms with Crippen molar-refractivity contribution in [3.05, 3.63) is 45.8 Å². The maximum atomic E-state index is 4.82. The molecular formula is C16H21N3S. The molecule has 20 heavy (non-hydrogen) atoms. The van der Waals surface area contributed by atoms with Crippen LogP contribution in [-0.2, 0) is 13.1 Å². The number of aromatic nitrogens is 1. The molecule has 0 radical (unpaired) electrons. The first-order valence-corrected chi connectivity index (χ1v) is 8.06. The number of hydrogen-bond donors (Lipinski definition) is 1. The van der Waals surface area contributed by atoms with Gasteiger partial charge in [0.1, 0.15) is 5.82 Å². The van der Waals surface area contributed by atoms with Gasteiger partial charge in [0.15, 0.2) is 0 Å². The summed E-state index contributed by atoms with van der Waals surface area (Å²) in [6.07, 6.45) is 2.59. The van der Waals surface area contributed by atoms with Crippen molar-refractivity contribution in [1.29, 1.82) is 0 Å². The Kier molecular flexibility index (Phi) is 4.03. The second-order valence-electron chi connectivity index (χ2n) is 5.38. The summed E-state index contributed by atoms with van der Waals surface area (Å²) in [6, 6.07) is 9.39. The Balaban J connectivity index is 1.82. The highest BCUT2D eigenvalue weighted by atomic mass is 32.1. The van der Waals surface area contributed by atoms with Gasteiger partial charge in [0.25, 0.3) is 0 Å².